The van der Waals surface area contributed by atoms with E-state index in [1.54, 1.807) is 17.1 Å². The highest BCUT2D eigenvalue weighted by Crippen LogP contribution is 2.03. The molecule has 0 fully saturated rings. The first-order valence-electron chi connectivity index (χ1n) is 5.69. The first-order valence-corrected chi connectivity index (χ1v) is 5.69. The molecule has 5 heteroatoms. The van der Waals surface area contributed by atoms with Crippen LogP contribution in [0.15, 0.2) is 12.4 Å². The van der Waals surface area contributed by atoms with Crippen LogP contribution in [0, 0.1) is 12.8 Å². The van der Waals surface area contributed by atoms with E-state index >= 15 is 0 Å². The van der Waals surface area contributed by atoms with E-state index in [0.717, 1.165) is 5.56 Å². The summed E-state index contributed by atoms with van der Waals surface area (Å²) in [7, 11) is 0. The maximum absolute atomic E-state index is 11.7. The van der Waals surface area contributed by atoms with Gasteiger partial charge in [-0.3, -0.25) is 14.3 Å². The summed E-state index contributed by atoms with van der Waals surface area (Å²) in [5, 5.41) is 6.75. The lowest BCUT2D eigenvalue weighted by Gasteiger charge is -2.19. The van der Waals surface area contributed by atoms with Crippen molar-refractivity contribution in [1.82, 2.24) is 15.1 Å². The first kappa shape index (κ1) is 13.4. The molecular weight excluding hydrogens is 218 g/mol. The van der Waals surface area contributed by atoms with Crippen LogP contribution in [0.5, 0.6) is 0 Å². The van der Waals surface area contributed by atoms with Gasteiger partial charge in [0.2, 0.25) is 5.91 Å². The van der Waals surface area contributed by atoms with Crippen LogP contribution in [0.1, 0.15) is 26.3 Å². The van der Waals surface area contributed by atoms with E-state index in [2.05, 4.69) is 10.4 Å². The molecule has 0 saturated heterocycles. The minimum Gasteiger partial charge on any atom is -0.344 e. The predicted molar refractivity (Wildman–Crippen MR) is 64.4 cm³/mol. The summed E-state index contributed by atoms with van der Waals surface area (Å²) in [5.74, 6) is -0.122. The number of Topliss-reactive ketones (excluding diaryl/α,β-unsaturated/α-hetero) is 1. The van der Waals surface area contributed by atoms with Gasteiger partial charge >= 0.3 is 0 Å². The van der Waals surface area contributed by atoms with Crippen molar-refractivity contribution in [3.05, 3.63) is 18.0 Å². The molecule has 0 aliphatic rings. The number of amides is 1. The molecule has 1 unspecified atom stereocenters. The van der Waals surface area contributed by atoms with E-state index in [1.165, 1.54) is 6.92 Å². The number of nitrogens with one attached hydrogen (secondary N) is 1. The van der Waals surface area contributed by atoms with Crippen molar-refractivity contribution >= 4 is 11.7 Å². The summed E-state index contributed by atoms with van der Waals surface area (Å²) >= 11 is 0. The molecule has 94 valence electrons. The number of rotatable bonds is 5. The zero-order chi connectivity index (χ0) is 13.0. The van der Waals surface area contributed by atoms with Crippen LogP contribution in [0.25, 0.3) is 0 Å². The Kier molecular flexibility index (Phi) is 4.43. The monoisotopic (exact) mass is 237 g/mol. The highest BCUT2D eigenvalue weighted by atomic mass is 16.2. The number of carbonyl (C=O) groups is 2. The van der Waals surface area contributed by atoms with Gasteiger partial charge in [0.05, 0.1) is 12.2 Å². The lowest BCUT2D eigenvalue weighted by molar-refractivity contribution is -0.128. The van der Waals surface area contributed by atoms with Gasteiger partial charge in [0, 0.05) is 6.20 Å². The second kappa shape index (κ2) is 5.61. The largest absolute Gasteiger partial charge is 0.344 e. The second-order valence-electron chi connectivity index (χ2n) is 4.62. The normalized spacial score (nSPS) is 12.5. The molecule has 1 aromatic rings. The number of hydrogen-bond acceptors (Lipinski definition) is 3. The van der Waals surface area contributed by atoms with E-state index in [4.69, 9.17) is 0 Å². The number of carbonyl (C=O) groups excluding carboxylic acids is 2. The van der Waals surface area contributed by atoms with Gasteiger partial charge in [0.15, 0.2) is 5.78 Å². The third kappa shape index (κ3) is 4.01. The zero-order valence-electron chi connectivity index (χ0n) is 10.7. The molecule has 0 aromatic carbocycles. The van der Waals surface area contributed by atoms with Crippen molar-refractivity contribution in [2.75, 3.05) is 0 Å². The number of ketones is 1. The average molecular weight is 237 g/mol. The first-order chi connectivity index (χ1) is 7.90. The summed E-state index contributed by atoms with van der Waals surface area (Å²) in [6, 6.07) is -0.417. The average Bonchev–Trinajstić information content (AvgIpc) is 2.59. The minimum absolute atomic E-state index is 0.0232. The van der Waals surface area contributed by atoms with Crippen LogP contribution in [0.3, 0.4) is 0 Å². The Bertz CT molecular complexity index is 410. The van der Waals surface area contributed by atoms with Gasteiger partial charge in [-0.1, -0.05) is 13.8 Å². The maximum Gasteiger partial charge on any atom is 0.242 e. The molecule has 0 bridgehead atoms. The van der Waals surface area contributed by atoms with E-state index in [1.807, 2.05) is 20.8 Å². The van der Waals surface area contributed by atoms with E-state index < -0.39 is 6.04 Å². The molecule has 0 spiro atoms. The lowest BCUT2D eigenvalue weighted by atomic mass is 10.0. The van der Waals surface area contributed by atoms with Gasteiger partial charge in [0.25, 0.3) is 0 Å². The number of aromatic nitrogens is 2. The third-order valence-electron chi connectivity index (χ3n) is 2.49. The van der Waals surface area contributed by atoms with Crippen LogP contribution >= 0.6 is 0 Å². The van der Waals surface area contributed by atoms with Crippen molar-refractivity contribution in [2.24, 2.45) is 5.92 Å². The van der Waals surface area contributed by atoms with Crippen molar-refractivity contribution < 1.29 is 9.59 Å². The van der Waals surface area contributed by atoms with Gasteiger partial charge in [-0.25, -0.2) is 0 Å². The van der Waals surface area contributed by atoms with Gasteiger partial charge in [-0.05, 0) is 25.3 Å². The molecule has 0 aliphatic heterocycles. The Hall–Kier alpha value is -1.65. The molecule has 0 radical (unpaired) electrons. The van der Waals surface area contributed by atoms with Gasteiger partial charge in [-0.2, -0.15) is 5.10 Å². The van der Waals surface area contributed by atoms with Crippen molar-refractivity contribution in [2.45, 2.75) is 40.3 Å². The third-order valence-corrected chi connectivity index (χ3v) is 2.49. The molecule has 0 saturated carbocycles. The van der Waals surface area contributed by atoms with Crippen LogP contribution in [0.2, 0.25) is 0 Å². The highest BCUT2D eigenvalue weighted by Gasteiger charge is 2.20. The topological polar surface area (TPSA) is 64.0 Å². The Balaban J connectivity index is 2.56. The number of hydrogen-bond donors (Lipinski definition) is 1. The quantitative estimate of drug-likeness (QED) is 0.828. The standard InChI is InChI=1S/C12H19N3O2/c1-8(2)12(10(4)16)14-11(17)7-15-6-9(3)5-13-15/h5-6,8,12H,7H2,1-4H3,(H,14,17). The predicted octanol–water partition coefficient (Wildman–Crippen LogP) is 0.921. The van der Waals surface area contributed by atoms with Crippen LogP contribution in [-0.2, 0) is 16.1 Å². The van der Waals surface area contributed by atoms with Gasteiger partial charge in [-0.15, -0.1) is 0 Å². The van der Waals surface area contributed by atoms with Crippen molar-refractivity contribution in [3.8, 4) is 0 Å². The summed E-state index contributed by atoms with van der Waals surface area (Å²) in [6.07, 6.45) is 3.48. The highest BCUT2D eigenvalue weighted by molar-refractivity contribution is 5.87. The molecule has 1 N–H and O–H groups in total. The van der Waals surface area contributed by atoms with Crippen molar-refractivity contribution in [3.63, 3.8) is 0 Å². The molecule has 0 aliphatic carbocycles. The molecule has 1 heterocycles. The molecule has 1 atom stereocenters. The fourth-order valence-electron chi connectivity index (χ4n) is 1.66. The summed E-state index contributed by atoms with van der Waals surface area (Å²) in [4.78, 5) is 23.1. The van der Waals surface area contributed by atoms with E-state index in [9.17, 15) is 9.59 Å². The van der Waals surface area contributed by atoms with Gasteiger partial charge < -0.3 is 5.32 Å². The fraction of sp³-hybridized carbons (Fsp3) is 0.583. The molecule has 1 aromatic heterocycles. The molecule has 5 nitrogen and oxygen atoms in total. The summed E-state index contributed by atoms with van der Waals surface area (Å²) in [6.45, 7) is 7.36. The van der Waals surface area contributed by atoms with Crippen molar-refractivity contribution in [1.29, 1.82) is 0 Å². The summed E-state index contributed by atoms with van der Waals surface area (Å²) in [5.41, 5.74) is 1.00. The molecule has 1 rings (SSSR count). The second-order valence-corrected chi connectivity index (χ2v) is 4.62. The zero-order valence-corrected chi connectivity index (χ0v) is 10.7. The Morgan fingerprint density at radius 2 is 2.12 bits per heavy atom. The van der Waals surface area contributed by atoms with Crippen LogP contribution in [-0.4, -0.2) is 27.5 Å². The Morgan fingerprint density at radius 1 is 1.47 bits per heavy atom. The molecular formula is C12H19N3O2. The molecule has 1 amide bonds. The smallest absolute Gasteiger partial charge is 0.242 e. The number of aryl methyl sites for hydroxylation is 1. The molecule has 17 heavy (non-hydrogen) atoms. The lowest BCUT2D eigenvalue weighted by Crippen LogP contribution is -2.44. The maximum atomic E-state index is 11.7. The number of nitrogens with zero attached hydrogens (tertiary/aromatic N) is 2. The minimum atomic E-state index is -0.417. The SMILES string of the molecule is CC(=O)C(NC(=O)Cn1cc(C)cn1)C(C)C. The summed E-state index contributed by atoms with van der Waals surface area (Å²) < 4.78 is 1.56. The van der Waals surface area contributed by atoms with Gasteiger partial charge in [0.1, 0.15) is 6.54 Å². The Morgan fingerprint density at radius 3 is 2.53 bits per heavy atom. The Labute approximate surface area is 101 Å². The van der Waals surface area contributed by atoms with E-state index in [-0.39, 0.29) is 24.2 Å². The van der Waals surface area contributed by atoms with E-state index in [0.29, 0.717) is 0 Å². The van der Waals surface area contributed by atoms with Crippen LogP contribution in [0.4, 0.5) is 0 Å². The fourth-order valence-corrected chi connectivity index (χ4v) is 1.66. The van der Waals surface area contributed by atoms with Crippen LogP contribution < -0.4 is 5.32 Å².